The maximum atomic E-state index is 6.74. The second-order valence-electron chi connectivity index (χ2n) is 14.8. The van der Waals surface area contributed by atoms with Crippen LogP contribution in [-0.2, 0) is 5.41 Å². The van der Waals surface area contributed by atoms with Crippen LogP contribution in [0.15, 0.2) is 164 Å². The maximum Gasteiger partial charge on any atom is 0.135 e. The summed E-state index contributed by atoms with van der Waals surface area (Å²) in [7, 11) is 0. The summed E-state index contributed by atoms with van der Waals surface area (Å²) in [5.74, 6) is 1.17. The Balaban J connectivity index is 1.05. The van der Waals surface area contributed by atoms with Crippen LogP contribution in [0.3, 0.4) is 0 Å². The highest BCUT2D eigenvalue weighted by Gasteiger charge is 2.39. The summed E-state index contributed by atoms with van der Waals surface area (Å²) < 4.78 is 9.36. The van der Waals surface area contributed by atoms with Gasteiger partial charge in [0.2, 0.25) is 0 Å². The molecule has 0 bridgehead atoms. The largest absolute Gasteiger partial charge is 0.484 e. The molecule has 3 aliphatic rings. The van der Waals surface area contributed by atoms with Crippen molar-refractivity contribution in [1.82, 2.24) is 0 Å². The van der Waals surface area contributed by atoms with Gasteiger partial charge in [0.1, 0.15) is 11.9 Å². The molecule has 2 atom stereocenters. The molecule has 2 unspecified atom stereocenters. The molecule has 0 N–H and O–H groups in total. The summed E-state index contributed by atoms with van der Waals surface area (Å²) in [6.45, 7) is 4.71. The molecule has 2 nitrogen and oxygen atoms in total. The monoisotopic (exact) mass is 685 g/mol. The Morgan fingerprint density at radius 3 is 2.29 bits per heavy atom. The number of ether oxygens (including phenoxy) is 1. The zero-order valence-electron chi connectivity index (χ0n) is 29.0. The first-order valence-corrected chi connectivity index (χ1v) is 19.0. The highest BCUT2D eigenvalue weighted by atomic mass is 32.1. The van der Waals surface area contributed by atoms with Crippen molar-refractivity contribution in [3.63, 3.8) is 0 Å². The van der Waals surface area contributed by atoms with E-state index in [-0.39, 0.29) is 17.4 Å². The molecule has 0 saturated carbocycles. The smallest absolute Gasteiger partial charge is 0.135 e. The molecule has 0 radical (unpaired) electrons. The van der Waals surface area contributed by atoms with E-state index in [4.69, 9.17) is 4.74 Å². The number of benzene rings is 7. The van der Waals surface area contributed by atoms with Gasteiger partial charge in [-0.05, 0) is 75.5 Å². The minimum Gasteiger partial charge on any atom is -0.484 e. The molecule has 0 fully saturated rings. The van der Waals surface area contributed by atoms with E-state index >= 15 is 0 Å². The Labute approximate surface area is 307 Å². The van der Waals surface area contributed by atoms with Crippen LogP contribution in [0, 0.1) is 0 Å². The number of fused-ring (bicyclic) bond motifs is 11. The number of anilines is 3. The average molecular weight is 686 g/mol. The molecule has 3 heteroatoms. The van der Waals surface area contributed by atoms with E-state index in [0.717, 1.165) is 17.1 Å². The zero-order valence-corrected chi connectivity index (χ0v) is 29.8. The lowest BCUT2D eigenvalue weighted by Gasteiger charge is -2.29. The van der Waals surface area contributed by atoms with E-state index in [0.29, 0.717) is 0 Å². The van der Waals surface area contributed by atoms with Gasteiger partial charge in [0.15, 0.2) is 0 Å². The van der Waals surface area contributed by atoms with Crippen LogP contribution in [0.4, 0.5) is 17.1 Å². The van der Waals surface area contributed by atoms with Crippen LogP contribution in [0.2, 0.25) is 0 Å². The first kappa shape index (κ1) is 29.8. The maximum absolute atomic E-state index is 6.74. The fourth-order valence-electron chi connectivity index (χ4n) is 9.18. The average Bonchev–Trinajstić information content (AvgIpc) is 3.83. The first-order valence-electron chi connectivity index (χ1n) is 18.2. The number of hydrogen-bond donors (Lipinski definition) is 0. The van der Waals surface area contributed by atoms with Crippen molar-refractivity contribution in [1.29, 1.82) is 0 Å². The van der Waals surface area contributed by atoms with Gasteiger partial charge in [0, 0.05) is 59.6 Å². The Morgan fingerprint density at radius 1 is 0.635 bits per heavy atom. The van der Waals surface area contributed by atoms with Crippen LogP contribution in [0.5, 0.6) is 5.75 Å². The number of hydrogen-bond acceptors (Lipinski definition) is 3. The van der Waals surface area contributed by atoms with Crippen LogP contribution in [-0.4, -0.2) is 6.10 Å². The van der Waals surface area contributed by atoms with E-state index in [1.165, 1.54) is 75.6 Å². The Morgan fingerprint density at radius 2 is 1.38 bits per heavy atom. The summed E-state index contributed by atoms with van der Waals surface area (Å²) >= 11 is 1.87. The van der Waals surface area contributed by atoms with Crippen LogP contribution in [0.25, 0.3) is 47.6 Å². The number of thiophene rings is 1. The molecule has 0 amide bonds. The SMILES string of the molecule is CC1(C)c2ccccc2-c2c(N(c3ccc(C4=CC=CC5c6c(ccc7ccccc67)OC45)cc3)c3ccc4c(c3)sc3ccccc34)cccc21. The van der Waals surface area contributed by atoms with E-state index < -0.39 is 0 Å². The molecule has 0 saturated heterocycles. The fraction of sp³-hybridized carbons (Fsp3) is 0.102. The lowest BCUT2D eigenvalue weighted by Crippen LogP contribution is -2.21. The topological polar surface area (TPSA) is 12.5 Å². The lowest BCUT2D eigenvalue weighted by atomic mass is 9.82. The van der Waals surface area contributed by atoms with Crippen molar-refractivity contribution >= 4 is 64.9 Å². The molecule has 2 heterocycles. The summed E-state index contributed by atoms with van der Waals surface area (Å²) in [5.41, 5.74) is 12.5. The molecule has 8 aromatic rings. The Kier molecular flexibility index (Phi) is 6.33. The highest BCUT2D eigenvalue weighted by molar-refractivity contribution is 7.25. The Bertz CT molecular complexity index is 2820. The minimum atomic E-state index is -0.0887. The van der Waals surface area contributed by atoms with E-state index in [2.05, 4.69) is 183 Å². The third-order valence-electron chi connectivity index (χ3n) is 11.7. The zero-order chi connectivity index (χ0) is 34.6. The molecule has 1 aromatic heterocycles. The molecule has 248 valence electrons. The predicted molar refractivity (Wildman–Crippen MR) is 220 cm³/mol. The quantitative estimate of drug-likeness (QED) is 0.183. The molecular formula is C49H35NOS. The van der Waals surface area contributed by atoms with Crippen LogP contribution >= 0.6 is 11.3 Å². The van der Waals surface area contributed by atoms with Crippen molar-refractivity contribution in [2.24, 2.45) is 0 Å². The molecule has 2 aliphatic carbocycles. The normalized spacial score (nSPS) is 17.8. The number of allylic oxidation sites excluding steroid dienone is 2. The van der Waals surface area contributed by atoms with E-state index in [9.17, 15) is 0 Å². The molecule has 11 rings (SSSR count). The molecule has 1 aliphatic heterocycles. The summed E-state index contributed by atoms with van der Waals surface area (Å²) in [4.78, 5) is 2.47. The standard InChI is InChI=1S/C49H35NOS/c1-49(2)40-17-7-5-14-38(40)47-41(49)18-10-19-42(47)50(33-26-27-37-36-13-6-8-20-44(36)52-45(37)29-33)32-24-21-31(22-25-32)35-15-9-16-39-46-34-12-4-3-11-30(34)23-28-43(46)51-48(35)39/h3-29,39,48H,1-2H3. The number of rotatable bonds is 4. The molecule has 7 aromatic carbocycles. The van der Waals surface area contributed by atoms with E-state index in [1.54, 1.807) is 0 Å². The third kappa shape index (κ3) is 4.23. The lowest BCUT2D eigenvalue weighted by molar-refractivity contribution is 0.278. The van der Waals surface area contributed by atoms with Gasteiger partial charge < -0.3 is 9.64 Å². The predicted octanol–water partition coefficient (Wildman–Crippen LogP) is 13.5. The summed E-state index contributed by atoms with van der Waals surface area (Å²) in [6.07, 6.45) is 6.70. The minimum absolute atomic E-state index is 0.0562. The first-order chi connectivity index (χ1) is 25.5. The highest BCUT2D eigenvalue weighted by Crippen LogP contribution is 2.55. The molecule has 52 heavy (non-hydrogen) atoms. The van der Waals surface area contributed by atoms with Gasteiger partial charge in [0.25, 0.3) is 0 Å². The molecule has 0 spiro atoms. The van der Waals surface area contributed by atoms with Gasteiger partial charge in [0.05, 0.1) is 5.69 Å². The molecular weight excluding hydrogens is 651 g/mol. The fourth-order valence-corrected chi connectivity index (χ4v) is 10.3. The van der Waals surface area contributed by atoms with Gasteiger partial charge in [-0.2, -0.15) is 0 Å². The number of nitrogens with zero attached hydrogens (tertiary/aromatic N) is 1. The van der Waals surface area contributed by atoms with E-state index in [1.807, 2.05) is 11.3 Å². The Hall–Kier alpha value is -5.90. The van der Waals surface area contributed by atoms with Crippen molar-refractivity contribution in [3.8, 4) is 16.9 Å². The van der Waals surface area contributed by atoms with Crippen molar-refractivity contribution < 1.29 is 4.74 Å². The summed E-state index contributed by atoms with van der Waals surface area (Å²) in [6, 6.07) is 53.7. The van der Waals surface area contributed by atoms with Gasteiger partial charge in [-0.25, -0.2) is 0 Å². The second kappa shape index (κ2) is 11.0. The second-order valence-corrected chi connectivity index (χ2v) is 15.9. The van der Waals surface area contributed by atoms with Crippen molar-refractivity contribution in [3.05, 3.63) is 186 Å². The van der Waals surface area contributed by atoms with Gasteiger partial charge in [-0.1, -0.05) is 135 Å². The van der Waals surface area contributed by atoms with Crippen LogP contribution in [0.1, 0.15) is 42.0 Å². The van der Waals surface area contributed by atoms with Gasteiger partial charge >= 0.3 is 0 Å². The van der Waals surface area contributed by atoms with Gasteiger partial charge in [-0.15, -0.1) is 11.3 Å². The van der Waals surface area contributed by atoms with Crippen LogP contribution < -0.4 is 9.64 Å². The van der Waals surface area contributed by atoms with Gasteiger partial charge in [-0.3, -0.25) is 0 Å². The summed E-state index contributed by atoms with van der Waals surface area (Å²) in [5, 5.41) is 5.16. The van der Waals surface area contributed by atoms with Crippen molar-refractivity contribution in [2.75, 3.05) is 4.90 Å². The third-order valence-corrected chi connectivity index (χ3v) is 12.8. The van der Waals surface area contributed by atoms with Crippen molar-refractivity contribution in [2.45, 2.75) is 31.3 Å².